The van der Waals surface area contributed by atoms with Gasteiger partial charge in [0.25, 0.3) is 0 Å². The lowest BCUT2D eigenvalue weighted by molar-refractivity contribution is -0.118. The van der Waals surface area contributed by atoms with Gasteiger partial charge in [-0.25, -0.2) is 0 Å². The number of nitrogens with zero attached hydrogens (tertiary/aromatic N) is 1. The number of epoxide rings is 1. The van der Waals surface area contributed by atoms with Gasteiger partial charge >= 0.3 is 0 Å². The molecule has 0 spiro atoms. The molecule has 0 aromatic heterocycles. The fraction of sp³-hybridized carbons (Fsp3) is 0.565. The molecule has 0 amide bonds. The molecule has 0 N–H and O–H groups in total. The number of carbonyl (C=O) groups excluding carboxylic acids is 1. The number of nitriles is 1. The third-order valence-electron chi connectivity index (χ3n) is 6.04. The van der Waals surface area contributed by atoms with Crippen LogP contribution < -0.4 is 0 Å². The van der Waals surface area contributed by atoms with Crippen LogP contribution in [0.4, 0.5) is 0 Å². The van der Waals surface area contributed by atoms with Gasteiger partial charge in [-0.3, -0.25) is 4.79 Å². The van der Waals surface area contributed by atoms with Crippen molar-refractivity contribution in [2.75, 3.05) is 0 Å². The lowest BCUT2D eigenvalue weighted by atomic mass is 9.93. The van der Waals surface area contributed by atoms with E-state index in [1.54, 1.807) is 6.92 Å². The number of Topliss-reactive ketones (excluding diaryl/α,β-unsaturated/α-hetero) is 1. The number of ketones is 1. The number of hydrogen-bond acceptors (Lipinski definition) is 4. The lowest BCUT2D eigenvalue weighted by Crippen LogP contribution is -2.42. The minimum absolute atomic E-state index is 0.222. The molecule has 1 saturated heterocycles. The Balaban J connectivity index is 2.01. The molecule has 2 rings (SSSR count). The predicted octanol–water partition coefficient (Wildman–Crippen LogP) is 5.21. The molecule has 0 aliphatic carbocycles. The third-order valence-corrected chi connectivity index (χ3v) is 10.8. The SMILES string of the molecule is CC[Si](CC)(CC)O[C@@H](C)[C@@H]1O[C@@]1(C#N)C(=O)/C(C)=C/CCc1ccccc1. The smallest absolute Gasteiger partial charge is 0.246 e. The van der Waals surface area contributed by atoms with Gasteiger partial charge in [0.05, 0.1) is 6.10 Å². The number of benzene rings is 1. The van der Waals surface area contributed by atoms with Crippen molar-refractivity contribution < 1.29 is 14.0 Å². The molecule has 1 heterocycles. The van der Waals surface area contributed by atoms with E-state index in [1.165, 1.54) is 5.56 Å². The molecule has 1 aromatic rings. The normalized spacial score (nSPS) is 23.1. The summed E-state index contributed by atoms with van der Waals surface area (Å²) >= 11 is 0. The molecule has 152 valence electrons. The van der Waals surface area contributed by atoms with Crippen LogP contribution in [0, 0.1) is 11.3 Å². The van der Waals surface area contributed by atoms with E-state index in [1.807, 2.05) is 31.2 Å². The largest absolute Gasteiger partial charge is 0.411 e. The molecule has 28 heavy (non-hydrogen) atoms. The maximum atomic E-state index is 12.9. The molecule has 0 unspecified atom stereocenters. The zero-order chi connectivity index (χ0) is 20.8. The first-order valence-corrected chi connectivity index (χ1v) is 12.9. The Bertz CT molecular complexity index is 728. The number of carbonyl (C=O) groups is 1. The summed E-state index contributed by atoms with van der Waals surface area (Å²) < 4.78 is 12.1. The summed E-state index contributed by atoms with van der Waals surface area (Å²) in [4.78, 5) is 12.9. The standard InChI is InChI=1S/C23H33NO3Si/c1-6-28(7-2,8-3)27-19(5)22-23(17-24,26-22)21(25)18(4)13-12-16-20-14-10-9-11-15-20/h9-11,13-15,19,22H,6-8,12,16H2,1-5H3/b18-13+/t19-,22-,23-/m0/s1. The van der Waals surface area contributed by atoms with Gasteiger partial charge in [0.15, 0.2) is 8.32 Å². The molecule has 5 heteroatoms. The van der Waals surface area contributed by atoms with Crippen LogP contribution in [0.15, 0.2) is 42.0 Å². The van der Waals surface area contributed by atoms with Gasteiger partial charge < -0.3 is 9.16 Å². The second-order valence-electron chi connectivity index (χ2n) is 7.69. The summed E-state index contributed by atoms with van der Waals surface area (Å²) in [7, 11) is -1.81. The zero-order valence-corrected chi connectivity index (χ0v) is 18.8. The summed E-state index contributed by atoms with van der Waals surface area (Å²) in [6.45, 7) is 10.2. The van der Waals surface area contributed by atoms with E-state index in [4.69, 9.17) is 9.16 Å². The molecule has 1 aliphatic rings. The van der Waals surface area contributed by atoms with Crippen molar-refractivity contribution in [3.8, 4) is 6.07 Å². The average Bonchev–Trinajstić information content (AvgIpc) is 3.48. The highest BCUT2D eigenvalue weighted by molar-refractivity contribution is 6.73. The second kappa shape index (κ2) is 9.64. The van der Waals surface area contributed by atoms with Gasteiger partial charge in [-0.2, -0.15) is 5.26 Å². The number of ether oxygens (including phenoxy) is 1. The molecule has 1 aromatic carbocycles. The molecule has 1 aliphatic heterocycles. The van der Waals surface area contributed by atoms with E-state index in [-0.39, 0.29) is 11.9 Å². The lowest BCUT2D eigenvalue weighted by Gasteiger charge is -2.31. The summed E-state index contributed by atoms with van der Waals surface area (Å²) in [5.74, 6) is -0.222. The molecule has 0 saturated carbocycles. The van der Waals surface area contributed by atoms with Crippen LogP contribution in [0.1, 0.15) is 46.6 Å². The molecule has 4 nitrogen and oxygen atoms in total. The van der Waals surface area contributed by atoms with Crippen LogP contribution in [-0.4, -0.2) is 31.9 Å². The van der Waals surface area contributed by atoms with Crippen LogP contribution in [0.25, 0.3) is 0 Å². The predicted molar refractivity (Wildman–Crippen MR) is 114 cm³/mol. The zero-order valence-electron chi connectivity index (χ0n) is 17.8. The Labute approximate surface area is 170 Å². The van der Waals surface area contributed by atoms with Gasteiger partial charge in [-0.1, -0.05) is 57.2 Å². The van der Waals surface area contributed by atoms with Gasteiger partial charge in [0, 0.05) is 0 Å². The van der Waals surface area contributed by atoms with Crippen molar-refractivity contribution in [1.82, 2.24) is 0 Å². The minimum atomic E-state index is -1.81. The second-order valence-corrected chi connectivity index (χ2v) is 12.4. The fourth-order valence-electron chi connectivity index (χ4n) is 3.86. The van der Waals surface area contributed by atoms with E-state index >= 15 is 0 Å². The maximum absolute atomic E-state index is 12.9. The van der Waals surface area contributed by atoms with Gasteiger partial charge in [-0.05, 0) is 56.0 Å². The third kappa shape index (κ3) is 4.80. The Morgan fingerprint density at radius 3 is 2.43 bits per heavy atom. The topological polar surface area (TPSA) is 62.6 Å². The van der Waals surface area contributed by atoms with Crippen molar-refractivity contribution in [3.63, 3.8) is 0 Å². The van der Waals surface area contributed by atoms with Crippen molar-refractivity contribution >= 4 is 14.1 Å². The number of hydrogen-bond donors (Lipinski definition) is 0. The number of aryl methyl sites for hydroxylation is 1. The van der Waals surface area contributed by atoms with Crippen molar-refractivity contribution in [1.29, 1.82) is 5.26 Å². The molecular formula is C23H33NO3Si. The van der Waals surface area contributed by atoms with Crippen molar-refractivity contribution in [2.24, 2.45) is 0 Å². The van der Waals surface area contributed by atoms with E-state index < -0.39 is 20.0 Å². The Morgan fingerprint density at radius 2 is 1.89 bits per heavy atom. The highest BCUT2D eigenvalue weighted by Gasteiger charge is 2.66. The van der Waals surface area contributed by atoms with Crippen LogP contribution in [0.5, 0.6) is 0 Å². The Kier molecular flexibility index (Phi) is 7.76. The Hall–Kier alpha value is -1.74. The first-order valence-electron chi connectivity index (χ1n) is 10.4. The average molecular weight is 400 g/mol. The van der Waals surface area contributed by atoms with E-state index in [0.717, 1.165) is 31.0 Å². The monoisotopic (exact) mass is 399 g/mol. The number of allylic oxidation sites excluding steroid dienone is 1. The summed E-state index contributed by atoms with van der Waals surface area (Å²) in [6.07, 6.45) is 2.83. The summed E-state index contributed by atoms with van der Waals surface area (Å²) in [5.41, 5.74) is 0.455. The first-order chi connectivity index (χ1) is 13.4. The van der Waals surface area contributed by atoms with Gasteiger partial charge in [0.2, 0.25) is 11.4 Å². The van der Waals surface area contributed by atoms with Crippen LogP contribution in [0.3, 0.4) is 0 Å². The first kappa shape index (κ1) is 22.5. The maximum Gasteiger partial charge on any atom is 0.246 e. The number of rotatable bonds is 11. The van der Waals surface area contributed by atoms with Crippen LogP contribution in [0.2, 0.25) is 18.1 Å². The minimum Gasteiger partial charge on any atom is -0.411 e. The van der Waals surface area contributed by atoms with E-state index in [0.29, 0.717) is 5.57 Å². The quantitative estimate of drug-likeness (QED) is 0.291. The molecule has 3 atom stereocenters. The summed E-state index contributed by atoms with van der Waals surface area (Å²) in [6, 6.07) is 15.4. The Morgan fingerprint density at radius 1 is 1.29 bits per heavy atom. The molecule has 0 radical (unpaired) electrons. The highest BCUT2D eigenvalue weighted by atomic mass is 28.4. The van der Waals surface area contributed by atoms with Crippen LogP contribution >= 0.6 is 0 Å². The summed E-state index contributed by atoms with van der Waals surface area (Å²) in [5, 5.41) is 9.70. The molecular weight excluding hydrogens is 366 g/mol. The highest BCUT2D eigenvalue weighted by Crippen LogP contribution is 2.43. The van der Waals surface area contributed by atoms with Gasteiger partial charge in [-0.15, -0.1) is 0 Å². The van der Waals surface area contributed by atoms with Crippen molar-refractivity contribution in [3.05, 3.63) is 47.5 Å². The van der Waals surface area contributed by atoms with Crippen LogP contribution in [-0.2, 0) is 20.4 Å². The fourth-order valence-corrected chi connectivity index (χ4v) is 6.77. The molecule has 1 fully saturated rings. The van der Waals surface area contributed by atoms with E-state index in [9.17, 15) is 10.1 Å². The molecule has 0 bridgehead atoms. The van der Waals surface area contributed by atoms with Gasteiger partial charge in [0.1, 0.15) is 12.2 Å². The van der Waals surface area contributed by atoms with E-state index in [2.05, 4.69) is 39.0 Å². The van der Waals surface area contributed by atoms with Crippen molar-refractivity contribution in [2.45, 2.75) is 83.4 Å².